The molecule has 6 heteroatoms. The Hall–Kier alpha value is -1.86. The van der Waals surface area contributed by atoms with Crippen LogP contribution in [0, 0.1) is 3.57 Å². The second-order valence-electron chi connectivity index (χ2n) is 4.78. The van der Waals surface area contributed by atoms with Crippen molar-refractivity contribution >= 4 is 51.6 Å². The van der Waals surface area contributed by atoms with Crippen molar-refractivity contribution in [2.45, 2.75) is 6.92 Å². The zero-order valence-electron chi connectivity index (χ0n) is 12.9. The highest BCUT2D eigenvalue weighted by molar-refractivity contribution is 14.1. The molecule has 24 heavy (non-hydrogen) atoms. The van der Waals surface area contributed by atoms with Crippen LogP contribution < -0.4 is 5.32 Å². The lowest BCUT2D eigenvalue weighted by atomic mass is 10.1. The van der Waals surface area contributed by atoms with Crippen LogP contribution >= 0.6 is 34.2 Å². The average molecular weight is 456 g/mol. The molecule has 1 N–H and O–H groups in total. The molecular formula is C18H15ClINO3. The van der Waals surface area contributed by atoms with Crippen molar-refractivity contribution in [2.24, 2.45) is 0 Å². The van der Waals surface area contributed by atoms with Gasteiger partial charge in [0.2, 0.25) is 0 Å². The molecule has 0 atom stereocenters. The maximum absolute atomic E-state index is 12.4. The molecule has 2 aromatic carbocycles. The van der Waals surface area contributed by atoms with E-state index >= 15 is 0 Å². The molecule has 2 rings (SSSR count). The minimum Gasteiger partial charge on any atom is -0.461 e. The number of carbonyl (C=O) groups is 2. The quantitative estimate of drug-likeness (QED) is 0.297. The van der Waals surface area contributed by atoms with Gasteiger partial charge in [-0.25, -0.2) is 4.79 Å². The fourth-order valence-corrected chi connectivity index (χ4v) is 2.36. The van der Waals surface area contributed by atoms with E-state index in [0.717, 1.165) is 3.57 Å². The summed E-state index contributed by atoms with van der Waals surface area (Å²) in [6.07, 6.45) is 1.24. The smallest absolute Gasteiger partial charge is 0.354 e. The van der Waals surface area contributed by atoms with Crippen molar-refractivity contribution in [1.82, 2.24) is 0 Å². The molecule has 124 valence electrons. The first-order valence-electron chi connectivity index (χ1n) is 7.21. The zero-order chi connectivity index (χ0) is 17.5. The topological polar surface area (TPSA) is 55.4 Å². The predicted octanol–water partition coefficient (Wildman–Crippen LogP) is 4.69. The molecule has 0 unspecified atom stereocenters. The van der Waals surface area contributed by atoms with Gasteiger partial charge in [-0.05, 0) is 78.0 Å². The molecule has 0 fully saturated rings. The van der Waals surface area contributed by atoms with Crippen LogP contribution in [-0.4, -0.2) is 18.4 Å². The van der Waals surface area contributed by atoms with Gasteiger partial charge >= 0.3 is 5.97 Å². The number of carbonyl (C=O) groups excluding carboxylic acids is 2. The van der Waals surface area contributed by atoms with Gasteiger partial charge in [0, 0.05) is 25.9 Å². The van der Waals surface area contributed by atoms with Gasteiger partial charge in [0.05, 0.1) is 6.61 Å². The van der Waals surface area contributed by atoms with E-state index in [1.54, 1.807) is 31.2 Å². The lowest BCUT2D eigenvalue weighted by Gasteiger charge is -2.10. The summed E-state index contributed by atoms with van der Waals surface area (Å²) in [5.74, 6) is -0.897. The van der Waals surface area contributed by atoms with Gasteiger partial charge in [0.1, 0.15) is 5.70 Å². The lowest BCUT2D eigenvalue weighted by Crippen LogP contribution is -2.16. The molecule has 0 heterocycles. The van der Waals surface area contributed by atoms with E-state index in [1.165, 1.54) is 6.08 Å². The Bertz CT molecular complexity index is 755. The number of halogens is 2. The van der Waals surface area contributed by atoms with Gasteiger partial charge in [-0.2, -0.15) is 0 Å². The van der Waals surface area contributed by atoms with Crippen molar-refractivity contribution in [3.63, 3.8) is 0 Å². The number of ketones is 1. The van der Waals surface area contributed by atoms with Crippen LogP contribution in [0.2, 0.25) is 5.02 Å². The van der Waals surface area contributed by atoms with Crippen molar-refractivity contribution in [1.29, 1.82) is 0 Å². The van der Waals surface area contributed by atoms with Gasteiger partial charge in [0.25, 0.3) is 0 Å². The Morgan fingerprint density at radius 2 is 1.75 bits per heavy atom. The summed E-state index contributed by atoms with van der Waals surface area (Å²) in [6, 6.07) is 13.9. The number of hydrogen-bond acceptors (Lipinski definition) is 4. The number of allylic oxidation sites excluding steroid dienone is 1. The summed E-state index contributed by atoms with van der Waals surface area (Å²) in [7, 11) is 0. The molecule has 0 bridgehead atoms. The molecule has 0 saturated carbocycles. The van der Waals surface area contributed by atoms with E-state index < -0.39 is 5.97 Å². The third-order valence-electron chi connectivity index (χ3n) is 3.02. The molecule has 0 aliphatic rings. The van der Waals surface area contributed by atoms with E-state index in [2.05, 4.69) is 27.9 Å². The highest BCUT2D eigenvalue weighted by atomic mass is 127. The van der Waals surface area contributed by atoms with Crippen LogP contribution in [-0.2, 0) is 9.53 Å². The molecule has 0 spiro atoms. The normalized spacial score (nSPS) is 11.0. The summed E-state index contributed by atoms with van der Waals surface area (Å²) in [5.41, 5.74) is 1.21. The summed E-state index contributed by atoms with van der Waals surface area (Å²) in [5, 5.41) is 3.48. The third-order valence-corrected chi connectivity index (χ3v) is 3.99. The molecule has 0 amide bonds. The molecular weight excluding hydrogens is 441 g/mol. The molecule has 0 saturated heterocycles. The van der Waals surface area contributed by atoms with Crippen LogP contribution in [0.25, 0.3) is 0 Å². The standard InChI is InChI=1S/C18H15ClINO3/c1-2-24-18(23)16(21-15-9-7-14(20)8-10-15)11-17(22)12-3-5-13(19)6-4-12/h3-11,21H,2H2,1H3. The summed E-state index contributed by atoms with van der Waals surface area (Å²) in [6.45, 7) is 1.93. The summed E-state index contributed by atoms with van der Waals surface area (Å²) in [4.78, 5) is 24.5. The number of benzene rings is 2. The second kappa shape index (κ2) is 8.84. The van der Waals surface area contributed by atoms with Gasteiger partial charge in [-0.3, -0.25) is 4.79 Å². The van der Waals surface area contributed by atoms with Gasteiger partial charge in [0.15, 0.2) is 5.78 Å². The van der Waals surface area contributed by atoms with Crippen LogP contribution in [0.5, 0.6) is 0 Å². The van der Waals surface area contributed by atoms with Crippen LogP contribution in [0.1, 0.15) is 17.3 Å². The van der Waals surface area contributed by atoms with Gasteiger partial charge < -0.3 is 10.1 Å². The fourth-order valence-electron chi connectivity index (χ4n) is 1.87. The number of anilines is 1. The van der Waals surface area contributed by atoms with Crippen molar-refractivity contribution < 1.29 is 14.3 Å². The molecule has 2 aromatic rings. The maximum Gasteiger partial charge on any atom is 0.354 e. The van der Waals surface area contributed by atoms with Crippen LogP contribution in [0.3, 0.4) is 0 Å². The first kappa shape index (κ1) is 18.5. The number of nitrogens with one attached hydrogen (secondary N) is 1. The van der Waals surface area contributed by atoms with E-state index in [0.29, 0.717) is 16.3 Å². The fraction of sp³-hybridized carbons (Fsp3) is 0.111. The van der Waals surface area contributed by atoms with E-state index in [-0.39, 0.29) is 18.1 Å². The van der Waals surface area contributed by atoms with Crippen molar-refractivity contribution in [3.8, 4) is 0 Å². The number of rotatable bonds is 6. The summed E-state index contributed by atoms with van der Waals surface area (Å²) >= 11 is 8.01. The molecule has 0 aromatic heterocycles. The maximum atomic E-state index is 12.4. The monoisotopic (exact) mass is 455 g/mol. The van der Waals surface area contributed by atoms with E-state index in [4.69, 9.17) is 16.3 Å². The molecule has 4 nitrogen and oxygen atoms in total. The van der Waals surface area contributed by atoms with Crippen LogP contribution in [0.4, 0.5) is 5.69 Å². The number of ether oxygens (including phenoxy) is 1. The average Bonchev–Trinajstić information content (AvgIpc) is 2.57. The first-order chi connectivity index (χ1) is 11.5. The minimum absolute atomic E-state index is 0.0815. The zero-order valence-corrected chi connectivity index (χ0v) is 15.8. The van der Waals surface area contributed by atoms with Gasteiger partial charge in [-0.15, -0.1) is 0 Å². The predicted molar refractivity (Wildman–Crippen MR) is 103 cm³/mol. The lowest BCUT2D eigenvalue weighted by molar-refractivity contribution is -0.138. The Morgan fingerprint density at radius 1 is 1.12 bits per heavy atom. The Morgan fingerprint density at radius 3 is 2.33 bits per heavy atom. The number of hydrogen-bond donors (Lipinski definition) is 1. The number of esters is 1. The van der Waals surface area contributed by atoms with Crippen molar-refractivity contribution in [2.75, 3.05) is 11.9 Å². The molecule has 0 aliphatic carbocycles. The van der Waals surface area contributed by atoms with E-state index in [1.807, 2.05) is 24.3 Å². The Kier molecular flexibility index (Phi) is 6.81. The Labute approximate surface area is 159 Å². The molecule has 0 radical (unpaired) electrons. The molecule has 0 aliphatic heterocycles. The van der Waals surface area contributed by atoms with E-state index in [9.17, 15) is 9.59 Å². The van der Waals surface area contributed by atoms with Crippen molar-refractivity contribution in [3.05, 3.63) is 74.5 Å². The Balaban J connectivity index is 2.27. The third kappa shape index (κ3) is 5.35. The largest absolute Gasteiger partial charge is 0.461 e. The summed E-state index contributed by atoms with van der Waals surface area (Å²) < 4.78 is 6.08. The second-order valence-corrected chi connectivity index (χ2v) is 6.46. The SMILES string of the molecule is CCOC(=O)C(=CC(=O)c1ccc(Cl)cc1)Nc1ccc(I)cc1. The van der Waals surface area contributed by atoms with Gasteiger partial charge in [-0.1, -0.05) is 11.6 Å². The van der Waals surface area contributed by atoms with Crippen LogP contribution in [0.15, 0.2) is 60.3 Å². The first-order valence-corrected chi connectivity index (χ1v) is 8.66. The highest BCUT2D eigenvalue weighted by Gasteiger charge is 2.14. The highest BCUT2D eigenvalue weighted by Crippen LogP contribution is 2.16. The minimum atomic E-state index is -0.585.